The number of benzene rings is 2. The largest absolute Gasteiger partial charge is 0.451 e. The van der Waals surface area contributed by atoms with Gasteiger partial charge < -0.3 is 14.3 Å². The van der Waals surface area contributed by atoms with E-state index in [-0.39, 0.29) is 11.8 Å². The average molecular weight is 317 g/mol. The first-order valence-electron chi connectivity index (χ1n) is 8.00. The fourth-order valence-electron chi connectivity index (χ4n) is 3.23. The highest BCUT2D eigenvalue weighted by molar-refractivity contribution is 5.96. The number of carbonyl (C=O) groups is 1. The van der Waals surface area contributed by atoms with Crippen molar-refractivity contribution in [3.8, 4) is 0 Å². The number of nitrogens with zero attached hydrogens (tertiary/aromatic N) is 2. The minimum Gasteiger partial charge on any atom is -0.451 e. The van der Waals surface area contributed by atoms with E-state index in [1.54, 1.807) is 4.90 Å². The van der Waals surface area contributed by atoms with Crippen LogP contribution in [0.1, 0.15) is 22.3 Å². The van der Waals surface area contributed by atoms with Crippen LogP contribution in [0.4, 0.5) is 0 Å². The van der Waals surface area contributed by atoms with Crippen molar-refractivity contribution in [1.29, 1.82) is 0 Å². The number of aromatic amines is 1. The molecule has 0 saturated carbocycles. The smallest absolute Gasteiger partial charge is 0.289 e. The van der Waals surface area contributed by atoms with Gasteiger partial charge in [-0.3, -0.25) is 4.79 Å². The third-order valence-corrected chi connectivity index (χ3v) is 4.60. The summed E-state index contributed by atoms with van der Waals surface area (Å²) >= 11 is 0. The van der Waals surface area contributed by atoms with Crippen LogP contribution in [0.15, 0.2) is 59.0 Å². The molecule has 1 fully saturated rings. The normalized spacial score (nSPS) is 15.1. The summed E-state index contributed by atoms with van der Waals surface area (Å²) in [6.45, 7) is 1.32. The van der Waals surface area contributed by atoms with Crippen molar-refractivity contribution in [1.82, 2.24) is 14.9 Å². The van der Waals surface area contributed by atoms with Crippen LogP contribution < -0.4 is 0 Å². The summed E-state index contributed by atoms with van der Waals surface area (Å²) in [7, 11) is 0. The lowest BCUT2D eigenvalue weighted by Crippen LogP contribution is -2.48. The Kier molecular flexibility index (Phi) is 2.76. The molecule has 4 aromatic rings. The number of rotatable bonds is 2. The number of hydrogen-bond acceptors (Lipinski definition) is 3. The second-order valence-electron chi connectivity index (χ2n) is 6.19. The summed E-state index contributed by atoms with van der Waals surface area (Å²) in [6, 6.07) is 17.4. The fourth-order valence-corrected chi connectivity index (χ4v) is 3.23. The molecule has 1 amide bonds. The number of imidazole rings is 1. The van der Waals surface area contributed by atoms with E-state index >= 15 is 0 Å². The maximum Gasteiger partial charge on any atom is 0.289 e. The highest BCUT2D eigenvalue weighted by Gasteiger charge is 2.35. The van der Waals surface area contributed by atoms with Gasteiger partial charge in [0.05, 0.1) is 17.0 Å². The maximum absolute atomic E-state index is 12.5. The van der Waals surface area contributed by atoms with Gasteiger partial charge in [0.15, 0.2) is 5.76 Å². The van der Waals surface area contributed by atoms with Gasteiger partial charge in [-0.15, -0.1) is 0 Å². The highest BCUT2D eigenvalue weighted by Crippen LogP contribution is 2.29. The topological polar surface area (TPSA) is 62.1 Å². The molecule has 118 valence electrons. The first-order chi connectivity index (χ1) is 11.8. The summed E-state index contributed by atoms with van der Waals surface area (Å²) in [5, 5.41) is 0.954. The van der Waals surface area contributed by atoms with Crippen LogP contribution in [-0.4, -0.2) is 33.9 Å². The molecule has 5 nitrogen and oxygen atoms in total. The summed E-state index contributed by atoms with van der Waals surface area (Å²) in [5.74, 6) is 1.55. The number of fused-ring (bicyclic) bond motifs is 2. The van der Waals surface area contributed by atoms with Crippen molar-refractivity contribution in [2.45, 2.75) is 5.92 Å². The van der Waals surface area contributed by atoms with Crippen molar-refractivity contribution in [2.24, 2.45) is 0 Å². The van der Waals surface area contributed by atoms with Crippen LogP contribution in [0.25, 0.3) is 22.0 Å². The lowest BCUT2D eigenvalue weighted by molar-refractivity contribution is 0.0565. The van der Waals surface area contributed by atoms with Crippen LogP contribution in [-0.2, 0) is 0 Å². The number of aromatic nitrogens is 2. The minimum absolute atomic E-state index is 0.0569. The van der Waals surface area contributed by atoms with Crippen molar-refractivity contribution in [2.75, 3.05) is 13.1 Å². The number of carbonyl (C=O) groups excluding carboxylic acids is 1. The molecule has 0 aliphatic carbocycles. The molecule has 0 radical (unpaired) electrons. The molecule has 1 aliphatic rings. The Hall–Kier alpha value is -3.08. The Bertz CT molecular complexity index is 991. The molecule has 2 aromatic heterocycles. The van der Waals surface area contributed by atoms with Gasteiger partial charge in [0.25, 0.3) is 5.91 Å². The molecule has 3 heterocycles. The van der Waals surface area contributed by atoms with E-state index in [0.717, 1.165) is 27.8 Å². The van der Waals surface area contributed by atoms with Gasteiger partial charge in [-0.05, 0) is 24.3 Å². The van der Waals surface area contributed by atoms with E-state index in [9.17, 15) is 4.79 Å². The minimum atomic E-state index is -0.0569. The first kappa shape index (κ1) is 13.4. The van der Waals surface area contributed by atoms with Gasteiger partial charge >= 0.3 is 0 Å². The van der Waals surface area contributed by atoms with Crippen molar-refractivity contribution in [3.63, 3.8) is 0 Å². The molecule has 5 heteroatoms. The standard InChI is InChI=1S/C19H15N3O2/c23-19(17-9-12-5-1-4-8-16(12)24-17)22-10-13(11-22)18-20-14-6-2-3-7-15(14)21-18/h1-9,13H,10-11H2,(H,20,21). The third kappa shape index (κ3) is 2.01. The molecule has 0 unspecified atom stereocenters. The summed E-state index contributed by atoms with van der Waals surface area (Å²) in [6.07, 6.45) is 0. The molecule has 0 spiro atoms. The second kappa shape index (κ2) is 4.96. The molecule has 2 aromatic carbocycles. The number of para-hydroxylation sites is 3. The second-order valence-corrected chi connectivity index (χ2v) is 6.19. The van der Waals surface area contributed by atoms with Crippen LogP contribution in [0, 0.1) is 0 Å². The monoisotopic (exact) mass is 317 g/mol. The van der Waals surface area contributed by atoms with Crippen LogP contribution in [0.3, 0.4) is 0 Å². The SMILES string of the molecule is O=C(c1cc2ccccc2o1)N1CC(c2nc3ccccc3[nH]2)C1. The number of nitrogens with one attached hydrogen (secondary N) is 1. The quantitative estimate of drug-likeness (QED) is 0.615. The van der Waals surface area contributed by atoms with E-state index in [1.165, 1.54) is 0 Å². The first-order valence-corrected chi connectivity index (χ1v) is 8.00. The zero-order chi connectivity index (χ0) is 16.1. The summed E-state index contributed by atoms with van der Waals surface area (Å²) < 4.78 is 5.66. The van der Waals surface area contributed by atoms with Gasteiger partial charge in [0, 0.05) is 18.5 Å². The van der Waals surface area contributed by atoms with Crippen LogP contribution >= 0.6 is 0 Å². The Morgan fingerprint density at radius 1 is 1.12 bits per heavy atom. The zero-order valence-electron chi connectivity index (χ0n) is 12.9. The number of hydrogen-bond donors (Lipinski definition) is 1. The number of amides is 1. The number of H-pyrrole nitrogens is 1. The van der Waals surface area contributed by atoms with E-state index in [2.05, 4.69) is 9.97 Å². The van der Waals surface area contributed by atoms with Crippen molar-refractivity contribution in [3.05, 3.63) is 66.2 Å². The van der Waals surface area contributed by atoms with Crippen molar-refractivity contribution >= 4 is 27.9 Å². The molecule has 1 aliphatic heterocycles. The Morgan fingerprint density at radius 2 is 1.92 bits per heavy atom. The lowest BCUT2D eigenvalue weighted by Gasteiger charge is -2.37. The third-order valence-electron chi connectivity index (χ3n) is 4.60. The van der Waals surface area contributed by atoms with Crippen LogP contribution in [0.2, 0.25) is 0 Å². The van der Waals surface area contributed by atoms with Gasteiger partial charge in [0.2, 0.25) is 0 Å². The highest BCUT2D eigenvalue weighted by atomic mass is 16.3. The maximum atomic E-state index is 12.5. The molecule has 0 bridgehead atoms. The molecule has 5 rings (SSSR count). The van der Waals surface area contributed by atoms with E-state index in [0.29, 0.717) is 18.8 Å². The fraction of sp³-hybridized carbons (Fsp3) is 0.158. The van der Waals surface area contributed by atoms with Gasteiger partial charge in [-0.1, -0.05) is 30.3 Å². The Balaban J connectivity index is 1.34. The zero-order valence-corrected chi connectivity index (χ0v) is 12.9. The van der Waals surface area contributed by atoms with Crippen molar-refractivity contribution < 1.29 is 9.21 Å². The summed E-state index contributed by atoms with van der Waals surface area (Å²) in [5.41, 5.74) is 2.75. The summed E-state index contributed by atoms with van der Waals surface area (Å²) in [4.78, 5) is 22.3. The molecular weight excluding hydrogens is 302 g/mol. The Morgan fingerprint density at radius 3 is 2.75 bits per heavy atom. The molecule has 1 saturated heterocycles. The van der Waals surface area contributed by atoms with E-state index < -0.39 is 0 Å². The van der Waals surface area contributed by atoms with Gasteiger partial charge in [0.1, 0.15) is 11.4 Å². The predicted molar refractivity (Wildman–Crippen MR) is 91.0 cm³/mol. The van der Waals surface area contributed by atoms with Gasteiger partial charge in [-0.25, -0.2) is 4.98 Å². The average Bonchev–Trinajstić information content (AvgIpc) is 3.17. The molecular formula is C19H15N3O2. The lowest BCUT2D eigenvalue weighted by atomic mass is 9.99. The van der Waals surface area contributed by atoms with E-state index in [4.69, 9.17) is 4.42 Å². The predicted octanol–water partition coefficient (Wildman–Crippen LogP) is 3.55. The molecule has 24 heavy (non-hydrogen) atoms. The number of furan rings is 1. The molecule has 1 N–H and O–H groups in total. The van der Waals surface area contributed by atoms with Gasteiger partial charge in [-0.2, -0.15) is 0 Å². The Labute approximate surface area is 137 Å². The number of likely N-dealkylation sites (tertiary alicyclic amines) is 1. The molecule has 0 atom stereocenters. The van der Waals surface area contributed by atoms with E-state index in [1.807, 2.05) is 54.6 Å². The van der Waals surface area contributed by atoms with Crippen LogP contribution in [0.5, 0.6) is 0 Å².